The summed E-state index contributed by atoms with van der Waals surface area (Å²) >= 11 is 0. The molecule has 0 aromatic carbocycles. The highest BCUT2D eigenvalue weighted by molar-refractivity contribution is 5.42. The third-order valence-electron chi connectivity index (χ3n) is 4.55. The molecular weight excluding hydrogens is 222 g/mol. The van der Waals surface area contributed by atoms with Gasteiger partial charge in [0.05, 0.1) is 0 Å². The van der Waals surface area contributed by atoms with Crippen molar-refractivity contribution in [2.45, 2.75) is 44.6 Å². The van der Waals surface area contributed by atoms with Gasteiger partial charge in [0, 0.05) is 18.8 Å². The summed E-state index contributed by atoms with van der Waals surface area (Å²) in [5.74, 6) is 2.09. The molecular formula is C15H23N3. The molecule has 3 nitrogen and oxygen atoms in total. The molecule has 1 aromatic rings. The van der Waals surface area contributed by atoms with Crippen molar-refractivity contribution < 1.29 is 0 Å². The molecule has 2 aliphatic rings. The highest BCUT2D eigenvalue weighted by Crippen LogP contribution is 2.38. The molecule has 1 saturated heterocycles. The summed E-state index contributed by atoms with van der Waals surface area (Å²) in [7, 11) is 0. The lowest BCUT2D eigenvalue weighted by atomic mass is 9.85. The molecule has 0 amide bonds. The molecule has 1 aliphatic carbocycles. The van der Waals surface area contributed by atoms with E-state index in [1.807, 2.05) is 6.20 Å². The van der Waals surface area contributed by atoms with E-state index in [-0.39, 0.29) is 0 Å². The molecule has 2 fully saturated rings. The van der Waals surface area contributed by atoms with Gasteiger partial charge in [-0.05, 0) is 49.8 Å². The van der Waals surface area contributed by atoms with Gasteiger partial charge in [-0.3, -0.25) is 0 Å². The molecule has 2 atom stereocenters. The number of nitrogens with two attached hydrogens (primary N) is 1. The van der Waals surface area contributed by atoms with Crippen LogP contribution in [0.4, 0.5) is 5.82 Å². The number of nitrogens with zero attached hydrogens (tertiary/aromatic N) is 2. The van der Waals surface area contributed by atoms with Gasteiger partial charge in [-0.1, -0.05) is 18.9 Å². The van der Waals surface area contributed by atoms with Crippen LogP contribution in [-0.4, -0.2) is 24.1 Å². The van der Waals surface area contributed by atoms with Crippen LogP contribution in [0.5, 0.6) is 0 Å². The fourth-order valence-corrected chi connectivity index (χ4v) is 3.59. The summed E-state index contributed by atoms with van der Waals surface area (Å²) in [5.41, 5.74) is 6.82. The van der Waals surface area contributed by atoms with Crippen molar-refractivity contribution in [3.8, 4) is 0 Å². The van der Waals surface area contributed by atoms with E-state index in [2.05, 4.69) is 22.0 Å². The van der Waals surface area contributed by atoms with Gasteiger partial charge in [0.25, 0.3) is 0 Å². The Morgan fingerprint density at radius 3 is 2.89 bits per heavy atom. The Labute approximate surface area is 109 Å². The van der Waals surface area contributed by atoms with Gasteiger partial charge in [-0.15, -0.1) is 0 Å². The van der Waals surface area contributed by atoms with Crippen LogP contribution in [-0.2, 0) is 6.42 Å². The van der Waals surface area contributed by atoms with Gasteiger partial charge in [0.1, 0.15) is 5.82 Å². The first-order chi connectivity index (χ1) is 8.88. The van der Waals surface area contributed by atoms with Gasteiger partial charge >= 0.3 is 0 Å². The van der Waals surface area contributed by atoms with Crippen LogP contribution in [0, 0.1) is 5.92 Å². The molecule has 3 rings (SSSR count). The Balaban J connectivity index is 1.74. The summed E-state index contributed by atoms with van der Waals surface area (Å²) < 4.78 is 0. The van der Waals surface area contributed by atoms with Crippen molar-refractivity contribution in [2.75, 3.05) is 18.0 Å². The molecule has 1 saturated carbocycles. The molecule has 2 unspecified atom stereocenters. The molecule has 18 heavy (non-hydrogen) atoms. The molecule has 0 bridgehead atoms. The number of hydrogen-bond donors (Lipinski definition) is 1. The third kappa shape index (κ3) is 2.24. The van der Waals surface area contributed by atoms with Gasteiger partial charge < -0.3 is 10.6 Å². The Hall–Kier alpha value is -1.09. The zero-order valence-electron chi connectivity index (χ0n) is 11.0. The van der Waals surface area contributed by atoms with Crippen molar-refractivity contribution in [1.29, 1.82) is 0 Å². The highest BCUT2D eigenvalue weighted by atomic mass is 15.2. The Morgan fingerprint density at radius 1 is 1.22 bits per heavy atom. The minimum atomic E-state index is 0.704. The summed E-state index contributed by atoms with van der Waals surface area (Å²) in [6.45, 7) is 1.90. The monoisotopic (exact) mass is 245 g/mol. The van der Waals surface area contributed by atoms with Crippen molar-refractivity contribution in [3.63, 3.8) is 0 Å². The molecule has 98 valence electrons. The average Bonchev–Trinajstić information content (AvgIpc) is 2.84. The van der Waals surface area contributed by atoms with Crippen LogP contribution in [0.1, 0.15) is 37.7 Å². The van der Waals surface area contributed by atoms with E-state index >= 15 is 0 Å². The van der Waals surface area contributed by atoms with Crippen LogP contribution in [0.3, 0.4) is 0 Å². The molecule has 0 spiro atoms. The van der Waals surface area contributed by atoms with Crippen molar-refractivity contribution in [1.82, 2.24) is 4.98 Å². The number of hydrogen-bond acceptors (Lipinski definition) is 3. The van der Waals surface area contributed by atoms with Crippen LogP contribution in [0.15, 0.2) is 18.3 Å². The minimum Gasteiger partial charge on any atom is -0.353 e. The van der Waals surface area contributed by atoms with E-state index < -0.39 is 0 Å². The Kier molecular flexibility index (Phi) is 3.50. The highest BCUT2D eigenvalue weighted by Gasteiger charge is 2.36. The standard InChI is InChI=1S/C15H23N3/c16-9-7-12-5-6-15(17-11-12)18-10-8-13-3-1-2-4-14(13)18/h5-6,11,13-14H,1-4,7-10,16H2. The van der Waals surface area contributed by atoms with Crippen LogP contribution >= 0.6 is 0 Å². The fourth-order valence-electron chi connectivity index (χ4n) is 3.59. The van der Waals surface area contributed by atoms with E-state index in [1.165, 1.54) is 50.0 Å². The van der Waals surface area contributed by atoms with Crippen LogP contribution < -0.4 is 10.6 Å². The normalized spacial score (nSPS) is 27.3. The van der Waals surface area contributed by atoms with Crippen LogP contribution in [0.2, 0.25) is 0 Å². The molecule has 2 N–H and O–H groups in total. The first kappa shape index (κ1) is 12.0. The zero-order valence-corrected chi connectivity index (χ0v) is 11.0. The molecule has 1 aliphatic heterocycles. The van der Waals surface area contributed by atoms with Crippen molar-refractivity contribution in [2.24, 2.45) is 11.7 Å². The molecule has 3 heteroatoms. The first-order valence-corrected chi connectivity index (χ1v) is 7.30. The van der Waals surface area contributed by atoms with Gasteiger partial charge in [0.15, 0.2) is 0 Å². The maximum Gasteiger partial charge on any atom is 0.128 e. The van der Waals surface area contributed by atoms with Crippen LogP contribution in [0.25, 0.3) is 0 Å². The van der Waals surface area contributed by atoms with E-state index in [4.69, 9.17) is 5.73 Å². The lowest BCUT2D eigenvalue weighted by Gasteiger charge is -2.32. The van der Waals surface area contributed by atoms with E-state index in [9.17, 15) is 0 Å². The summed E-state index contributed by atoms with van der Waals surface area (Å²) in [6, 6.07) is 5.12. The number of pyridine rings is 1. The van der Waals surface area contributed by atoms with E-state index in [0.29, 0.717) is 6.54 Å². The number of fused-ring (bicyclic) bond motifs is 1. The quantitative estimate of drug-likeness (QED) is 0.889. The van der Waals surface area contributed by atoms with E-state index in [1.54, 1.807) is 0 Å². The second-order valence-corrected chi connectivity index (χ2v) is 5.66. The van der Waals surface area contributed by atoms with Gasteiger partial charge in [0.2, 0.25) is 0 Å². The minimum absolute atomic E-state index is 0.704. The topological polar surface area (TPSA) is 42.1 Å². The maximum atomic E-state index is 5.57. The predicted molar refractivity (Wildman–Crippen MR) is 74.7 cm³/mol. The summed E-state index contributed by atoms with van der Waals surface area (Å²) in [5, 5.41) is 0. The number of aromatic nitrogens is 1. The maximum absolute atomic E-state index is 5.57. The lowest BCUT2D eigenvalue weighted by Crippen LogP contribution is -2.35. The number of anilines is 1. The second kappa shape index (κ2) is 5.27. The summed E-state index contributed by atoms with van der Waals surface area (Å²) in [4.78, 5) is 7.18. The fraction of sp³-hybridized carbons (Fsp3) is 0.667. The largest absolute Gasteiger partial charge is 0.353 e. The van der Waals surface area contributed by atoms with E-state index in [0.717, 1.165) is 18.4 Å². The molecule has 2 heterocycles. The smallest absolute Gasteiger partial charge is 0.128 e. The van der Waals surface area contributed by atoms with Gasteiger partial charge in [-0.2, -0.15) is 0 Å². The SMILES string of the molecule is NCCc1ccc(N2CCC3CCCCC32)nc1. The average molecular weight is 245 g/mol. The van der Waals surface area contributed by atoms with Gasteiger partial charge in [-0.25, -0.2) is 4.98 Å². The summed E-state index contributed by atoms with van der Waals surface area (Å²) in [6.07, 6.45) is 9.89. The van der Waals surface area contributed by atoms with Crippen molar-refractivity contribution >= 4 is 5.82 Å². The third-order valence-corrected chi connectivity index (χ3v) is 4.55. The molecule has 1 aromatic heterocycles. The second-order valence-electron chi connectivity index (χ2n) is 5.66. The Bertz CT molecular complexity index is 387. The zero-order chi connectivity index (χ0) is 12.4. The van der Waals surface area contributed by atoms with Crippen molar-refractivity contribution in [3.05, 3.63) is 23.9 Å². The molecule has 0 radical (unpaired) electrons. The predicted octanol–water partition coefficient (Wildman–Crippen LogP) is 2.35. The lowest BCUT2D eigenvalue weighted by molar-refractivity contribution is 0.341. The number of rotatable bonds is 3. The first-order valence-electron chi connectivity index (χ1n) is 7.30. The Morgan fingerprint density at radius 2 is 2.11 bits per heavy atom.